The molecule has 5 heteroatoms. The van der Waals surface area contributed by atoms with Crippen molar-refractivity contribution in [2.75, 3.05) is 5.73 Å². The molecule has 13 heavy (non-hydrogen) atoms. The van der Waals surface area contributed by atoms with Gasteiger partial charge in [-0.1, -0.05) is 0 Å². The van der Waals surface area contributed by atoms with E-state index in [0.717, 1.165) is 4.74 Å². The first-order valence-electron chi connectivity index (χ1n) is 3.92. The van der Waals surface area contributed by atoms with E-state index >= 15 is 0 Å². The van der Waals surface area contributed by atoms with Crippen molar-refractivity contribution in [3.05, 3.63) is 16.3 Å². The summed E-state index contributed by atoms with van der Waals surface area (Å²) >= 11 is 1.33. The molecule has 72 valence electrons. The molecule has 0 spiro atoms. The standard InChI is InChI=1S/C8H13N3OS/c1-8(2,3)11(12)4-6-5-13-7(9)10-6/h4-5H,1-3H3,(H2,9,10)/b11-4-. The van der Waals surface area contributed by atoms with E-state index in [0.29, 0.717) is 10.8 Å². The van der Waals surface area contributed by atoms with Crippen LogP contribution < -0.4 is 5.73 Å². The molecular weight excluding hydrogens is 186 g/mol. The van der Waals surface area contributed by atoms with Crippen LogP contribution >= 0.6 is 11.3 Å². The number of hydrogen-bond acceptors (Lipinski definition) is 4. The number of hydroxylamine groups is 1. The molecule has 0 saturated carbocycles. The third-order valence-corrected chi connectivity index (χ3v) is 2.14. The molecule has 0 aromatic carbocycles. The number of aromatic nitrogens is 1. The van der Waals surface area contributed by atoms with Gasteiger partial charge in [0.15, 0.2) is 10.7 Å². The molecule has 0 bridgehead atoms. The lowest BCUT2D eigenvalue weighted by Gasteiger charge is -2.17. The van der Waals surface area contributed by atoms with E-state index < -0.39 is 5.54 Å². The number of nitrogens with two attached hydrogens (primary N) is 1. The molecule has 2 N–H and O–H groups in total. The molecule has 1 rings (SSSR count). The Labute approximate surface area is 81.3 Å². The van der Waals surface area contributed by atoms with Gasteiger partial charge in [-0.2, -0.15) is 0 Å². The van der Waals surface area contributed by atoms with Crippen molar-refractivity contribution in [2.24, 2.45) is 0 Å². The third kappa shape index (κ3) is 2.69. The minimum Gasteiger partial charge on any atom is -0.623 e. The zero-order valence-corrected chi connectivity index (χ0v) is 8.76. The number of hydrogen-bond donors (Lipinski definition) is 1. The first kappa shape index (κ1) is 9.98. The lowest BCUT2D eigenvalue weighted by Crippen LogP contribution is -2.29. The fourth-order valence-electron chi connectivity index (χ4n) is 0.674. The average molecular weight is 199 g/mol. The van der Waals surface area contributed by atoms with Gasteiger partial charge in [0.2, 0.25) is 6.21 Å². The van der Waals surface area contributed by atoms with E-state index in [1.807, 2.05) is 20.8 Å². The van der Waals surface area contributed by atoms with E-state index in [1.54, 1.807) is 5.38 Å². The van der Waals surface area contributed by atoms with Gasteiger partial charge in [-0.25, -0.2) is 9.72 Å². The van der Waals surface area contributed by atoms with Gasteiger partial charge in [0.1, 0.15) is 5.69 Å². The zero-order chi connectivity index (χ0) is 10.1. The fraction of sp³-hybridized carbons (Fsp3) is 0.500. The maximum absolute atomic E-state index is 11.4. The summed E-state index contributed by atoms with van der Waals surface area (Å²) in [6, 6.07) is 0. The molecule has 0 atom stereocenters. The van der Waals surface area contributed by atoms with Crippen LogP contribution in [0.25, 0.3) is 0 Å². The summed E-state index contributed by atoms with van der Waals surface area (Å²) in [5.74, 6) is 0. The van der Waals surface area contributed by atoms with Gasteiger partial charge >= 0.3 is 0 Å². The van der Waals surface area contributed by atoms with Crippen LogP contribution in [-0.4, -0.2) is 21.5 Å². The van der Waals surface area contributed by atoms with Crippen molar-refractivity contribution in [2.45, 2.75) is 26.3 Å². The molecule has 0 fully saturated rings. The summed E-state index contributed by atoms with van der Waals surface area (Å²) in [5.41, 5.74) is 5.62. The Balaban J connectivity index is 2.89. The van der Waals surface area contributed by atoms with Crippen LogP contribution in [0.1, 0.15) is 26.5 Å². The zero-order valence-electron chi connectivity index (χ0n) is 7.94. The van der Waals surface area contributed by atoms with Crippen molar-refractivity contribution >= 4 is 22.7 Å². The second kappa shape index (κ2) is 3.33. The quantitative estimate of drug-likeness (QED) is 0.322. The molecule has 0 aliphatic rings. The summed E-state index contributed by atoms with van der Waals surface area (Å²) in [6.45, 7) is 5.52. The number of rotatable bonds is 1. The van der Waals surface area contributed by atoms with Crippen molar-refractivity contribution < 1.29 is 4.74 Å². The Kier molecular flexibility index (Phi) is 2.56. The summed E-state index contributed by atoms with van der Waals surface area (Å²) in [7, 11) is 0. The largest absolute Gasteiger partial charge is 0.623 e. The number of thiazole rings is 1. The average Bonchev–Trinajstić information content (AvgIpc) is 2.33. The van der Waals surface area contributed by atoms with Gasteiger partial charge < -0.3 is 10.9 Å². The Hall–Kier alpha value is -1.10. The maximum atomic E-state index is 11.4. The minimum atomic E-state index is -0.432. The van der Waals surface area contributed by atoms with Gasteiger partial charge in [0, 0.05) is 26.2 Å². The highest BCUT2D eigenvalue weighted by molar-refractivity contribution is 7.13. The molecule has 0 unspecified atom stereocenters. The highest BCUT2D eigenvalue weighted by Crippen LogP contribution is 2.10. The number of nitrogens with zero attached hydrogens (tertiary/aromatic N) is 2. The van der Waals surface area contributed by atoms with Crippen LogP contribution in [0, 0.1) is 5.21 Å². The second-order valence-corrected chi connectivity index (χ2v) is 4.63. The predicted octanol–water partition coefficient (Wildman–Crippen LogP) is 1.45. The van der Waals surface area contributed by atoms with E-state index in [2.05, 4.69) is 4.98 Å². The minimum absolute atomic E-state index is 0.432. The van der Waals surface area contributed by atoms with E-state index in [-0.39, 0.29) is 0 Å². The lowest BCUT2D eigenvalue weighted by molar-refractivity contribution is -0.530. The van der Waals surface area contributed by atoms with Gasteiger partial charge in [-0.3, -0.25) is 0 Å². The summed E-state index contributed by atoms with van der Waals surface area (Å²) < 4.78 is 0.876. The predicted molar refractivity (Wildman–Crippen MR) is 55.1 cm³/mol. The van der Waals surface area contributed by atoms with Crippen LogP contribution in [0.5, 0.6) is 0 Å². The van der Waals surface area contributed by atoms with E-state index in [4.69, 9.17) is 5.73 Å². The summed E-state index contributed by atoms with van der Waals surface area (Å²) in [4.78, 5) is 3.96. The molecule has 0 amide bonds. The number of anilines is 1. The molecule has 4 nitrogen and oxygen atoms in total. The maximum Gasteiger partial charge on any atom is 0.201 e. The Bertz CT molecular complexity index is 324. The molecule has 1 aromatic rings. The highest BCUT2D eigenvalue weighted by atomic mass is 32.1. The first-order chi connectivity index (χ1) is 5.89. The van der Waals surface area contributed by atoms with Gasteiger partial charge in [0.25, 0.3) is 0 Å². The van der Waals surface area contributed by atoms with Gasteiger partial charge in [-0.15, -0.1) is 11.3 Å². The summed E-state index contributed by atoms with van der Waals surface area (Å²) in [6.07, 6.45) is 1.45. The molecule has 1 heterocycles. The summed E-state index contributed by atoms with van der Waals surface area (Å²) in [5, 5.41) is 13.7. The Morgan fingerprint density at radius 2 is 2.23 bits per heavy atom. The Morgan fingerprint density at radius 3 is 2.62 bits per heavy atom. The topological polar surface area (TPSA) is 65.0 Å². The molecule has 0 radical (unpaired) electrons. The molecular formula is C8H13N3OS. The van der Waals surface area contributed by atoms with Crippen LogP contribution in [0.3, 0.4) is 0 Å². The molecule has 0 aliphatic heterocycles. The van der Waals surface area contributed by atoms with Crippen molar-refractivity contribution in [1.82, 2.24) is 4.98 Å². The molecule has 1 aromatic heterocycles. The van der Waals surface area contributed by atoms with Gasteiger partial charge in [-0.05, 0) is 0 Å². The van der Waals surface area contributed by atoms with Crippen LogP contribution in [0.15, 0.2) is 5.38 Å². The van der Waals surface area contributed by atoms with E-state index in [1.165, 1.54) is 17.6 Å². The first-order valence-corrected chi connectivity index (χ1v) is 4.80. The Morgan fingerprint density at radius 1 is 1.62 bits per heavy atom. The van der Waals surface area contributed by atoms with Crippen molar-refractivity contribution in [1.29, 1.82) is 0 Å². The van der Waals surface area contributed by atoms with Crippen LogP contribution in [0.2, 0.25) is 0 Å². The van der Waals surface area contributed by atoms with E-state index in [9.17, 15) is 5.21 Å². The molecule has 0 saturated heterocycles. The van der Waals surface area contributed by atoms with Crippen LogP contribution in [0.4, 0.5) is 5.13 Å². The lowest BCUT2D eigenvalue weighted by atomic mass is 10.1. The molecule has 0 aliphatic carbocycles. The second-order valence-electron chi connectivity index (χ2n) is 3.74. The monoisotopic (exact) mass is 199 g/mol. The highest BCUT2D eigenvalue weighted by Gasteiger charge is 2.18. The third-order valence-electron chi connectivity index (χ3n) is 1.45. The van der Waals surface area contributed by atoms with Gasteiger partial charge in [0.05, 0.1) is 0 Å². The van der Waals surface area contributed by atoms with Crippen LogP contribution in [-0.2, 0) is 0 Å². The SMILES string of the molecule is CC(C)(C)/[N+]([O-])=C/c1csc(N)n1. The smallest absolute Gasteiger partial charge is 0.201 e. The number of nitrogen functional groups attached to an aromatic ring is 1. The van der Waals surface area contributed by atoms with Crippen molar-refractivity contribution in [3.63, 3.8) is 0 Å². The fourth-order valence-corrected chi connectivity index (χ4v) is 1.19. The van der Waals surface area contributed by atoms with Crippen molar-refractivity contribution in [3.8, 4) is 0 Å². The normalized spacial score (nSPS) is 13.3.